The number of nitrogens with two attached hydrogens (primary N) is 1. The highest BCUT2D eigenvalue weighted by Gasteiger charge is 2.48. The van der Waals surface area contributed by atoms with Gasteiger partial charge in [0, 0.05) is 0 Å². The van der Waals surface area contributed by atoms with Gasteiger partial charge in [-0.15, -0.1) is 0 Å². The number of rotatable bonds is 1. The van der Waals surface area contributed by atoms with E-state index >= 15 is 0 Å². The molecule has 2 fully saturated rings. The van der Waals surface area contributed by atoms with Gasteiger partial charge in [-0.3, -0.25) is 4.79 Å². The predicted molar refractivity (Wildman–Crippen MR) is 45.2 cm³/mol. The number of primary amides is 1. The molecule has 3 unspecified atom stereocenters. The monoisotopic (exact) mass is 163 g/mol. The van der Waals surface area contributed by atoms with Gasteiger partial charge in [-0.05, 0) is 37.5 Å². The van der Waals surface area contributed by atoms with Gasteiger partial charge in [0.2, 0.25) is 5.91 Å². The molecular weight excluding hydrogens is 150 g/mol. The first-order valence-corrected chi connectivity index (χ1v) is 4.76. The van der Waals surface area contributed by atoms with Crippen LogP contribution in [0.1, 0.15) is 25.7 Å². The van der Waals surface area contributed by atoms with Crippen LogP contribution in [-0.2, 0) is 4.79 Å². The van der Waals surface area contributed by atoms with Crippen molar-refractivity contribution in [3.8, 4) is 0 Å². The molecule has 0 heterocycles. The number of hydrogen-bond acceptors (Lipinski definition) is 1. The highest BCUT2D eigenvalue weighted by Crippen LogP contribution is 2.56. The summed E-state index contributed by atoms with van der Waals surface area (Å²) in [5.41, 5.74) is 8.41. The lowest BCUT2D eigenvalue weighted by Gasteiger charge is -2.30. The highest BCUT2D eigenvalue weighted by molar-refractivity contribution is 5.81. The second-order valence-electron chi connectivity index (χ2n) is 4.48. The molecule has 1 amide bonds. The molecule has 0 aromatic heterocycles. The Labute approximate surface area is 71.8 Å². The van der Waals surface area contributed by atoms with Crippen LogP contribution in [0.5, 0.6) is 0 Å². The molecule has 0 saturated heterocycles. The summed E-state index contributed by atoms with van der Waals surface area (Å²) in [5.74, 6) is 1.54. The molecule has 2 N–H and O–H groups in total. The smallest absolute Gasteiger partial charge is 0.224 e. The molecule has 64 valence electrons. The van der Waals surface area contributed by atoms with Gasteiger partial charge in [-0.2, -0.15) is 0 Å². The first-order valence-electron chi connectivity index (χ1n) is 4.76. The number of carbonyl (C=O) groups is 1. The van der Waals surface area contributed by atoms with E-state index in [0.29, 0.717) is 5.92 Å². The van der Waals surface area contributed by atoms with Crippen molar-refractivity contribution in [2.75, 3.05) is 0 Å². The van der Waals surface area contributed by atoms with E-state index in [1.807, 2.05) is 0 Å². The van der Waals surface area contributed by atoms with Crippen molar-refractivity contribution in [1.82, 2.24) is 0 Å². The van der Waals surface area contributed by atoms with E-state index < -0.39 is 0 Å². The molecule has 0 radical (unpaired) electrons. The van der Waals surface area contributed by atoms with Crippen molar-refractivity contribution in [3.63, 3.8) is 0 Å². The lowest BCUT2D eigenvalue weighted by atomic mass is 9.74. The van der Waals surface area contributed by atoms with Gasteiger partial charge < -0.3 is 5.73 Å². The number of carbonyl (C=O) groups excluding carboxylic acids is 1. The number of amides is 1. The minimum absolute atomic E-state index is 0.0784. The third-order valence-corrected chi connectivity index (χ3v) is 3.80. The second kappa shape index (κ2) is 1.93. The van der Waals surface area contributed by atoms with E-state index in [1.54, 1.807) is 5.57 Å². The molecule has 0 aromatic rings. The summed E-state index contributed by atoms with van der Waals surface area (Å²) in [7, 11) is 0. The van der Waals surface area contributed by atoms with Crippen molar-refractivity contribution in [2.24, 2.45) is 23.5 Å². The summed E-state index contributed by atoms with van der Waals surface area (Å²) < 4.78 is 0. The molecule has 12 heavy (non-hydrogen) atoms. The Morgan fingerprint density at radius 1 is 1.33 bits per heavy atom. The fraction of sp³-hybridized carbons (Fsp3) is 0.700. The van der Waals surface area contributed by atoms with Gasteiger partial charge in [0.1, 0.15) is 0 Å². The van der Waals surface area contributed by atoms with Crippen molar-refractivity contribution in [2.45, 2.75) is 25.7 Å². The zero-order chi connectivity index (χ0) is 8.29. The zero-order valence-corrected chi connectivity index (χ0v) is 7.05. The van der Waals surface area contributed by atoms with Crippen molar-refractivity contribution >= 4 is 5.91 Å². The van der Waals surface area contributed by atoms with Crippen LogP contribution >= 0.6 is 0 Å². The van der Waals surface area contributed by atoms with Gasteiger partial charge in [0.05, 0.1) is 5.92 Å². The SMILES string of the molecule is NC(=O)C1C2=C3CC(C2)CC1C3. The average Bonchev–Trinajstić information content (AvgIpc) is 2.38. The first kappa shape index (κ1) is 6.70. The van der Waals surface area contributed by atoms with Crippen LogP contribution in [0.25, 0.3) is 0 Å². The van der Waals surface area contributed by atoms with Gasteiger partial charge in [0.25, 0.3) is 0 Å². The summed E-state index contributed by atoms with van der Waals surface area (Å²) in [6.45, 7) is 0. The largest absolute Gasteiger partial charge is 0.369 e. The quantitative estimate of drug-likeness (QED) is 0.580. The maximum absolute atomic E-state index is 11.2. The van der Waals surface area contributed by atoms with E-state index in [2.05, 4.69) is 0 Å². The molecule has 4 rings (SSSR count). The average molecular weight is 163 g/mol. The molecule has 0 aliphatic heterocycles. The molecule has 4 aliphatic carbocycles. The molecule has 4 aliphatic rings. The number of hydrogen-bond donors (Lipinski definition) is 1. The van der Waals surface area contributed by atoms with Crippen LogP contribution in [0.2, 0.25) is 0 Å². The van der Waals surface area contributed by atoms with Gasteiger partial charge in [-0.25, -0.2) is 0 Å². The van der Waals surface area contributed by atoms with Crippen LogP contribution in [0.15, 0.2) is 11.1 Å². The van der Waals surface area contributed by atoms with Crippen molar-refractivity contribution < 1.29 is 4.79 Å². The molecule has 0 spiro atoms. The Hall–Kier alpha value is -0.790. The predicted octanol–water partition coefficient (Wildman–Crippen LogP) is 1.22. The lowest BCUT2D eigenvalue weighted by Crippen LogP contribution is -2.33. The third kappa shape index (κ3) is 0.637. The van der Waals surface area contributed by atoms with Crippen LogP contribution in [0.4, 0.5) is 0 Å². The second-order valence-corrected chi connectivity index (χ2v) is 4.48. The minimum atomic E-state index is -0.0784. The van der Waals surface area contributed by atoms with E-state index in [0.717, 1.165) is 5.92 Å². The van der Waals surface area contributed by atoms with Crippen LogP contribution < -0.4 is 5.73 Å². The molecule has 2 saturated carbocycles. The molecule has 3 atom stereocenters. The minimum Gasteiger partial charge on any atom is -0.369 e. The van der Waals surface area contributed by atoms with E-state index in [-0.39, 0.29) is 11.8 Å². The summed E-state index contributed by atoms with van der Waals surface area (Å²) in [6.07, 6.45) is 4.88. The fourth-order valence-electron chi connectivity index (χ4n) is 3.51. The highest BCUT2D eigenvalue weighted by atomic mass is 16.1. The normalized spacial score (nSPS) is 42.8. The Kier molecular flexibility index (Phi) is 1.07. The fourth-order valence-corrected chi connectivity index (χ4v) is 3.51. The van der Waals surface area contributed by atoms with Crippen molar-refractivity contribution in [3.05, 3.63) is 11.1 Å². The maximum atomic E-state index is 11.2. The first-order chi connectivity index (χ1) is 5.75. The van der Waals surface area contributed by atoms with Crippen LogP contribution in [0.3, 0.4) is 0 Å². The summed E-state index contributed by atoms with van der Waals surface area (Å²) in [6, 6.07) is 0. The van der Waals surface area contributed by atoms with Crippen LogP contribution in [0, 0.1) is 17.8 Å². The summed E-state index contributed by atoms with van der Waals surface area (Å²) in [5, 5.41) is 0. The van der Waals surface area contributed by atoms with Gasteiger partial charge in [0.15, 0.2) is 0 Å². The van der Waals surface area contributed by atoms with Crippen molar-refractivity contribution in [1.29, 1.82) is 0 Å². The Morgan fingerprint density at radius 3 is 2.83 bits per heavy atom. The molecule has 4 bridgehead atoms. The molecular formula is C10H13NO. The van der Waals surface area contributed by atoms with E-state index in [9.17, 15) is 4.79 Å². The summed E-state index contributed by atoms with van der Waals surface area (Å²) >= 11 is 0. The zero-order valence-electron chi connectivity index (χ0n) is 7.05. The van der Waals surface area contributed by atoms with E-state index in [1.165, 1.54) is 31.3 Å². The third-order valence-electron chi connectivity index (χ3n) is 3.80. The van der Waals surface area contributed by atoms with Gasteiger partial charge in [-0.1, -0.05) is 11.1 Å². The molecule has 0 aromatic carbocycles. The van der Waals surface area contributed by atoms with Gasteiger partial charge >= 0.3 is 0 Å². The van der Waals surface area contributed by atoms with E-state index in [4.69, 9.17) is 5.73 Å². The molecule has 2 heteroatoms. The Bertz CT molecular complexity index is 292. The Balaban J connectivity index is 2.03. The lowest BCUT2D eigenvalue weighted by molar-refractivity contribution is -0.122. The topological polar surface area (TPSA) is 43.1 Å². The van der Waals surface area contributed by atoms with Crippen LogP contribution in [-0.4, -0.2) is 5.91 Å². The molecule has 2 nitrogen and oxygen atoms in total. The Morgan fingerprint density at radius 2 is 2.17 bits per heavy atom. The summed E-state index contributed by atoms with van der Waals surface area (Å²) in [4.78, 5) is 11.2. The number of allylic oxidation sites excluding steroid dienone is 1. The maximum Gasteiger partial charge on any atom is 0.224 e. The standard InChI is InChI=1S/C10H13NO/c11-10(12)9-7-2-5-1-6(4-7)8(9)3-5/h5,7,9H,1-4H2,(H2,11,12).